The predicted molar refractivity (Wildman–Crippen MR) is 26.8 cm³/mol. The summed E-state index contributed by atoms with van der Waals surface area (Å²) in [5.41, 5.74) is 0. The van der Waals surface area contributed by atoms with Gasteiger partial charge in [0.25, 0.3) is 0 Å². The van der Waals surface area contributed by atoms with E-state index in [4.69, 9.17) is 0 Å². The highest BCUT2D eigenvalue weighted by Crippen LogP contribution is 2.09. The van der Waals surface area contributed by atoms with Crippen LogP contribution in [0, 0.1) is 5.92 Å². The Balaban J connectivity index is 2.17. The number of nitrogens with zero attached hydrogens (tertiary/aromatic N) is 1. The quantitative estimate of drug-likeness (QED) is 0.427. The van der Waals surface area contributed by atoms with Gasteiger partial charge in [0.05, 0.1) is 0 Å². The molecule has 1 aliphatic heterocycles. The molecule has 0 aromatic carbocycles. The van der Waals surface area contributed by atoms with Crippen molar-refractivity contribution in [3.8, 4) is 0 Å². The van der Waals surface area contributed by atoms with Crippen LogP contribution >= 0.6 is 0 Å². The minimum atomic E-state index is 0.741. The van der Waals surface area contributed by atoms with Gasteiger partial charge in [0.15, 0.2) is 0 Å². The van der Waals surface area contributed by atoms with Crippen LogP contribution in [-0.2, 0) is 4.79 Å². The van der Waals surface area contributed by atoms with Crippen LogP contribution in [-0.4, -0.2) is 24.4 Å². The monoisotopic (exact) mass is 99.1 g/mol. The molecule has 1 heterocycles. The largest absolute Gasteiger partial charge is 0.345 e. The molecule has 1 rings (SSSR count). The Hall–Kier alpha value is -0.530. The molecule has 0 spiro atoms. The van der Waals surface area contributed by atoms with Crippen LogP contribution < -0.4 is 0 Å². The molecule has 40 valence electrons. The zero-order valence-electron chi connectivity index (χ0n) is 4.42. The van der Waals surface area contributed by atoms with Gasteiger partial charge >= 0.3 is 0 Å². The lowest BCUT2D eigenvalue weighted by atomic mass is 10.1. The Kier molecular flexibility index (Phi) is 1.01. The number of carbonyl (C=O) groups excluding carboxylic acids is 1. The summed E-state index contributed by atoms with van der Waals surface area (Å²) in [7, 11) is 0. The first-order valence-corrected chi connectivity index (χ1v) is 2.52. The number of hydrogen-bond donors (Lipinski definition) is 0. The molecule has 0 unspecified atom stereocenters. The van der Waals surface area contributed by atoms with E-state index in [9.17, 15) is 4.79 Å². The topological polar surface area (TPSA) is 20.3 Å². The molecule has 0 radical (unpaired) electrons. The number of rotatable bonds is 1. The van der Waals surface area contributed by atoms with Gasteiger partial charge in [0.1, 0.15) is 0 Å². The van der Waals surface area contributed by atoms with Gasteiger partial charge in [0, 0.05) is 13.1 Å². The highest BCUT2D eigenvalue weighted by molar-refractivity contribution is 5.48. The molecule has 2 heteroatoms. The van der Waals surface area contributed by atoms with Gasteiger partial charge in [-0.2, -0.15) is 0 Å². The maximum absolute atomic E-state index is 9.86. The summed E-state index contributed by atoms with van der Waals surface area (Å²) in [5, 5.41) is 0. The van der Waals surface area contributed by atoms with Crippen LogP contribution in [0.25, 0.3) is 0 Å². The van der Waals surface area contributed by atoms with Crippen LogP contribution in [0.3, 0.4) is 0 Å². The maximum atomic E-state index is 9.86. The average Bonchev–Trinajstić information content (AvgIpc) is 1.58. The summed E-state index contributed by atoms with van der Waals surface area (Å²) in [4.78, 5) is 11.6. The van der Waals surface area contributed by atoms with Gasteiger partial charge in [-0.3, -0.25) is 4.79 Å². The third kappa shape index (κ3) is 0.734. The molecule has 0 bridgehead atoms. The average molecular weight is 99.1 g/mol. The van der Waals surface area contributed by atoms with Gasteiger partial charge in [-0.05, 0) is 5.92 Å². The molecule has 0 atom stereocenters. The van der Waals surface area contributed by atoms with Gasteiger partial charge in [-0.15, -0.1) is 0 Å². The predicted octanol–water partition coefficient (Wildman–Crippen LogP) is 0.0945. The van der Waals surface area contributed by atoms with E-state index in [2.05, 4.69) is 6.92 Å². The lowest BCUT2D eigenvalue weighted by Gasteiger charge is -2.33. The van der Waals surface area contributed by atoms with E-state index in [1.54, 1.807) is 4.90 Å². The van der Waals surface area contributed by atoms with Crippen LogP contribution in [0.5, 0.6) is 0 Å². The minimum Gasteiger partial charge on any atom is -0.345 e. The van der Waals surface area contributed by atoms with E-state index in [1.807, 2.05) is 0 Å². The third-order valence-electron chi connectivity index (χ3n) is 1.24. The highest BCUT2D eigenvalue weighted by atomic mass is 16.1. The van der Waals surface area contributed by atoms with Gasteiger partial charge < -0.3 is 4.90 Å². The first-order valence-electron chi connectivity index (χ1n) is 2.52. The lowest BCUT2D eigenvalue weighted by molar-refractivity contribution is -0.123. The van der Waals surface area contributed by atoms with Gasteiger partial charge in [0.2, 0.25) is 6.41 Å². The Morgan fingerprint density at radius 3 is 2.43 bits per heavy atom. The van der Waals surface area contributed by atoms with Crippen molar-refractivity contribution in [2.24, 2.45) is 5.92 Å². The Bertz CT molecular complexity index is 76.1. The lowest BCUT2D eigenvalue weighted by Crippen LogP contribution is -2.43. The molecule has 1 saturated heterocycles. The molecule has 1 aliphatic rings. The van der Waals surface area contributed by atoms with E-state index in [0.29, 0.717) is 0 Å². The van der Waals surface area contributed by atoms with Crippen molar-refractivity contribution in [3.05, 3.63) is 0 Å². The molecule has 2 nitrogen and oxygen atoms in total. The number of carbonyl (C=O) groups is 1. The summed E-state index contributed by atoms with van der Waals surface area (Å²) >= 11 is 0. The van der Waals surface area contributed by atoms with Crippen molar-refractivity contribution in [1.82, 2.24) is 4.90 Å². The first kappa shape index (κ1) is 4.62. The van der Waals surface area contributed by atoms with Gasteiger partial charge in [-0.1, -0.05) is 6.92 Å². The molecule has 0 aromatic heterocycles. The smallest absolute Gasteiger partial charge is 0.209 e. The molecule has 0 aliphatic carbocycles. The fraction of sp³-hybridized carbons (Fsp3) is 0.800. The molecular weight excluding hydrogens is 90.1 g/mol. The maximum Gasteiger partial charge on any atom is 0.209 e. The molecule has 0 N–H and O–H groups in total. The van der Waals surface area contributed by atoms with Crippen LogP contribution in [0.1, 0.15) is 6.92 Å². The van der Waals surface area contributed by atoms with E-state index in [-0.39, 0.29) is 0 Å². The third-order valence-corrected chi connectivity index (χ3v) is 1.24. The Morgan fingerprint density at radius 2 is 2.29 bits per heavy atom. The van der Waals surface area contributed by atoms with E-state index >= 15 is 0 Å². The van der Waals surface area contributed by atoms with E-state index in [0.717, 1.165) is 25.4 Å². The van der Waals surface area contributed by atoms with Crippen molar-refractivity contribution in [1.29, 1.82) is 0 Å². The summed E-state index contributed by atoms with van der Waals surface area (Å²) in [6, 6.07) is 0. The summed E-state index contributed by atoms with van der Waals surface area (Å²) in [5.74, 6) is 0.741. The standard InChI is InChI=1S/C5H9NO/c1-5-2-6(3-5)4-7/h4-5H,2-3H2,1H3. The minimum absolute atomic E-state index is 0.741. The molecule has 1 fully saturated rings. The Labute approximate surface area is 43.1 Å². The number of amides is 1. The molecule has 0 saturated carbocycles. The van der Waals surface area contributed by atoms with Crippen LogP contribution in [0.2, 0.25) is 0 Å². The first-order chi connectivity index (χ1) is 3.33. The molecule has 0 aromatic rings. The summed E-state index contributed by atoms with van der Waals surface area (Å²) < 4.78 is 0. The SMILES string of the molecule is CC1CN(C=O)C1. The molecular formula is C5H9NO. The molecule has 1 amide bonds. The fourth-order valence-electron chi connectivity index (χ4n) is 0.833. The van der Waals surface area contributed by atoms with Crippen LogP contribution in [0.4, 0.5) is 0 Å². The normalized spacial score (nSPS) is 21.6. The van der Waals surface area contributed by atoms with E-state index < -0.39 is 0 Å². The summed E-state index contributed by atoms with van der Waals surface area (Å²) in [6.07, 6.45) is 0.903. The Morgan fingerprint density at radius 1 is 1.71 bits per heavy atom. The number of hydrogen-bond acceptors (Lipinski definition) is 1. The van der Waals surface area contributed by atoms with Crippen molar-refractivity contribution in [2.75, 3.05) is 13.1 Å². The van der Waals surface area contributed by atoms with Crippen molar-refractivity contribution in [3.63, 3.8) is 0 Å². The van der Waals surface area contributed by atoms with Gasteiger partial charge in [-0.25, -0.2) is 0 Å². The van der Waals surface area contributed by atoms with E-state index in [1.165, 1.54) is 0 Å². The highest BCUT2D eigenvalue weighted by Gasteiger charge is 2.19. The second-order valence-electron chi connectivity index (χ2n) is 2.16. The summed E-state index contributed by atoms with van der Waals surface area (Å²) in [6.45, 7) is 4.06. The molecule has 7 heavy (non-hydrogen) atoms. The zero-order valence-corrected chi connectivity index (χ0v) is 4.42. The van der Waals surface area contributed by atoms with Crippen molar-refractivity contribution in [2.45, 2.75) is 6.92 Å². The second-order valence-corrected chi connectivity index (χ2v) is 2.16. The second kappa shape index (κ2) is 1.52. The number of likely N-dealkylation sites (tertiary alicyclic amines) is 1. The van der Waals surface area contributed by atoms with Crippen molar-refractivity contribution >= 4 is 6.41 Å². The zero-order chi connectivity index (χ0) is 5.28. The van der Waals surface area contributed by atoms with Crippen LogP contribution in [0.15, 0.2) is 0 Å². The van der Waals surface area contributed by atoms with Crippen molar-refractivity contribution < 1.29 is 4.79 Å². The fourth-order valence-corrected chi connectivity index (χ4v) is 0.833.